The number of rotatable bonds is 6. The molecule has 0 aromatic heterocycles. The third kappa shape index (κ3) is 4.85. The highest BCUT2D eigenvalue weighted by Crippen LogP contribution is 2.31. The van der Waals surface area contributed by atoms with E-state index in [1.807, 2.05) is 49.4 Å². The van der Waals surface area contributed by atoms with Crippen molar-refractivity contribution in [2.45, 2.75) is 26.2 Å². The van der Waals surface area contributed by atoms with E-state index in [1.54, 1.807) is 6.07 Å². The molecule has 26 heavy (non-hydrogen) atoms. The first-order chi connectivity index (χ1) is 12.4. The Labute approximate surface area is 154 Å². The van der Waals surface area contributed by atoms with E-state index < -0.39 is 9.84 Å². The maximum absolute atomic E-state index is 12.3. The number of carbonyl (C=O) groups is 1. The Morgan fingerprint density at radius 3 is 2.50 bits per heavy atom. The molecule has 1 aliphatic rings. The summed E-state index contributed by atoms with van der Waals surface area (Å²) in [5, 5.41) is 2.88. The predicted molar refractivity (Wildman–Crippen MR) is 102 cm³/mol. The lowest BCUT2D eigenvalue weighted by atomic mass is 10.0. The Bertz CT molecular complexity index is 892. The number of carbonyl (C=O) groups excluding carboxylic acids is 1. The zero-order valence-electron chi connectivity index (χ0n) is 14.8. The molecule has 6 heteroatoms. The van der Waals surface area contributed by atoms with E-state index in [-0.39, 0.29) is 23.3 Å². The van der Waals surface area contributed by atoms with Crippen LogP contribution >= 0.6 is 0 Å². The Balaban J connectivity index is 1.61. The van der Waals surface area contributed by atoms with Gasteiger partial charge in [-0.2, -0.15) is 0 Å². The predicted octanol–water partition coefficient (Wildman–Crippen LogP) is 3.94. The SMILES string of the molecule is Cc1ccccc1Oc1ccccc1NC(=O)CCC1CCS(=O)(=O)C1. The van der Waals surface area contributed by atoms with Gasteiger partial charge in [0.05, 0.1) is 17.2 Å². The average molecular weight is 373 g/mol. The number of nitrogens with one attached hydrogen (secondary N) is 1. The standard InChI is InChI=1S/C20H23NO4S/c1-15-6-2-4-8-18(15)25-19-9-5-3-7-17(19)21-20(22)11-10-16-12-13-26(23,24)14-16/h2-9,16H,10-14H2,1H3,(H,21,22). The van der Waals surface area contributed by atoms with Gasteiger partial charge in [-0.25, -0.2) is 8.42 Å². The first-order valence-corrected chi connectivity index (χ1v) is 10.6. The molecule has 2 aromatic carbocycles. The minimum atomic E-state index is -2.90. The van der Waals surface area contributed by atoms with Crippen LogP contribution in [0.25, 0.3) is 0 Å². The van der Waals surface area contributed by atoms with Gasteiger partial charge in [-0.15, -0.1) is 0 Å². The number of anilines is 1. The molecule has 1 heterocycles. The lowest BCUT2D eigenvalue weighted by Gasteiger charge is -2.14. The smallest absolute Gasteiger partial charge is 0.224 e. The van der Waals surface area contributed by atoms with Crippen molar-refractivity contribution in [2.75, 3.05) is 16.8 Å². The number of hydrogen-bond acceptors (Lipinski definition) is 4. The fraction of sp³-hybridized carbons (Fsp3) is 0.350. The molecular weight excluding hydrogens is 350 g/mol. The van der Waals surface area contributed by atoms with Crippen molar-refractivity contribution in [3.63, 3.8) is 0 Å². The minimum absolute atomic E-state index is 0.0872. The average Bonchev–Trinajstić information content (AvgIpc) is 2.96. The number of ether oxygens (including phenoxy) is 1. The molecule has 1 unspecified atom stereocenters. The van der Waals surface area contributed by atoms with Gasteiger partial charge < -0.3 is 10.1 Å². The van der Waals surface area contributed by atoms with Crippen molar-refractivity contribution in [2.24, 2.45) is 5.92 Å². The normalized spacial score (nSPS) is 18.4. The summed E-state index contributed by atoms with van der Waals surface area (Å²) in [6.45, 7) is 1.96. The van der Waals surface area contributed by atoms with Gasteiger partial charge in [0.2, 0.25) is 5.91 Å². The topological polar surface area (TPSA) is 72.5 Å². The fourth-order valence-corrected chi connectivity index (χ4v) is 5.01. The summed E-state index contributed by atoms with van der Waals surface area (Å²) < 4.78 is 29.0. The van der Waals surface area contributed by atoms with Gasteiger partial charge in [0.25, 0.3) is 0 Å². The van der Waals surface area contributed by atoms with Gasteiger partial charge in [-0.05, 0) is 49.4 Å². The maximum Gasteiger partial charge on any atom is 0.224 e. The largest absolute Gasteiger partial charge is 0.455 e. The van der Waals surface area contributed by atoms with Crippen LogP contribution in [-0.2, 0) is 14.6 Å². The molecule has 1 N–H and O–H groups in total. The number of para-hydroxylation sites is 3. The van der Waals surface area contributed by atoms with Crippen molar-refractivity contribution in [3.05, 3.63) is 54.1 Å². The summed E-state index contributed by atoms with van der Waals surface area (Å²) in [7, 11) is -2.90. The van der Waals surface area contributed by atoms with Gasteiger partial charge in [-0.3, -0.25) is 4.79 Å². The maximum atomic E-state index is 12.3. The van der Waals surface area contributed by atoms with Crippen LogP contribution in [0.15, 0.2) is 48.5 Å². The van der Waals surface area contributed by atoms with Crippen molar-refractivity contribution in [3.8, 4) is 11.5 Å². The Hall–Kier alpha value is -2.34. The van der Waals surface area contributed by atoms with Gasteiger partial charge >= 0.3 is 0 Å². The first-order valence-electron chi connectivity index (χ1n) is 8.76. The molecule has 0 spiro atoms. The second-order valence-corrected chi connectivity index (χ2v) is 8.95. The van der Waals surface area contributed by atoms with Crippen molar-refractivity contribution in [1.82, 2.24) is 0 Å². The van der Waals surface area contributed by atoms with E-state index in [0.29, 0.717) is 30.7 Å². The monoisotopic (exact) mass is 373 g/mol. The highest BCUT2D eigenvalue weighted by atomic mass is 32.2. The molecular formula is C20H23NO4S. The van der Waals surface area contributed by atoms with Crippen molar-refractivity contribution in [1.29, 1.82) is 0 Å². The van der Waals surface area contributed by atoms with E-state index in [9.17, 15) is 13.2 Å². The van der Waals surface area contributed by atoms with Crippen LogP contribution < -0.4 is 10.1 Å². The summed E-state index contributed by atoms with van der Waals surface area (Å²) in [5.41, 5.74) is 1.62. The molecule has 1 amide bonds. The molecule has 2 aromatic rings. The number of hydrogen-bond donors (Lipinski definition) is 1. The van der Waals surface area contributed by atoms with Gasteiger partial charge in [-0.1, -0.05) is 30.3 Å². The fourth-order valence-electron chi connectivity index (χ4n) is 3.10. The Kier molecular flexibility index (Phi) is 5.61. The van der Waals surface area contributed by atoms with Crippen LogP contribution in [0.4, 0.5) is 5.69 Å². The molecule has 0 radical (unpaired) electrons. The molecule has 1 aliphatic heterocycles. The lowest BCUT2D eigenvalue weighted by Crippen LogP contribution is -2.14. The third-order valence-corrected chi connectivity index (χ3v) is 6.42. The van der Waals surface area contributed by atoms with E-state index >= 15 is 0 Å². The second kappa shape index (κ2) is 7.91. The van der Waals surface area contributed by atoms with Crippen LogP contribution in [0.2, 0.25) is 0 Å². The molecule has 0 aliphatic carbocycles. The Morgan fingerprint density at radius 2 is 1.81 bits per heavy atom. The van der Waals surface area contributed by atoms with Crippen LogP contribution in [0.3, 0.4) is 0 Å². The highest BCUT2D eigenvalue weighted by Gasteiger charge is 2.27. The summed E-state index contributed by atoms with van der Waals surface area (Å²) >= 11 is 0. The summed E-state index contributed by atoms with van der Waals surface area (Å²) in [4.78, 5) is 12.3. The zero-order chi connectivity index (χ0) is 18.6. The molecule has 0 bridgehead atoms. The second-order valence-electron chi connectivity index (χ2n) is 6.72. The Morgan fingerprint density at radius 1 is 1.12 bits per heavy atom. The van der Waals surface area contributed by atoms with E-state index in [4.69, 9.17) is 4.74 Å². The highest BCUT2D eigenvalue weighted by molar-refractivity contribution is 7.91. The molecule has 5 nitrogen and oxygen atoms in total. The van der Waals surface area contributed by atoms with Gasteiger partial charge in [0.1, 0.15) is 5.75 Å². The van der Waals surface area contributed by atoms with Crippen LogP contribution in [0.5, 0.6) is 11.5 Å². The van der Waals surface area contributed by atoms with E-state index in [0.717, 1.165) is 11.3 Å². The van der Waals surface area contributed by atoms with Gasteiger partial charge in [0.15, 0.2) is 15.6 Å². The molecule has 1 saturated heterocycles. The van der Waals surface area contributed by atoms with Crippen LogP contribution in [0.1, 0.15) is 24.8 Å². The van der Waals surface area contributed by atoms with Crippen LogP contribution in [-0.4, -0.2) is 25.8 Å². The third-order valence-electron chi connectivity index (χ3n) is 4.58. The molecule has 138 valence electrons. The van der Waals surface area contributed by atoms with Crippen molar-refractivity contribution >= 4 is 21.4 Å². The minimum Gasteiger partial charge on any atom is -0.455 e. The summed E-state index contributed by atoms with van der Waals surface area (Å²) in [6, 6.07) is 15.0. The molecule has 1 fully saturated rings. The van der Waals surface area contributed by atoms with Crippen LogP contribution in [0, 0.1) is 12.8 Å². The van der Waals surface area contributed by atoms with E-state index in [2.05, 4.69) is 5.32 Å². The summed E-state index contributed by atoms with van der Waals surface area (Å²) in [5.74, 6) is 1.72. The number of sulfone groups is 1. The quantitative estimate of drug-likeness (QED) is 0.832. The van der Waals surface area contributed by atoms with Gasteiger partial charge in [0, 0.05) is 6.42 Å². The van der Waals surface area contributed by atoms with Crippen molar-refractivity contribution < 1.29 is 17.9 Å². The first kappa shape index (κ1) is 18.5. The van der Waals surface area contributed by atoms with E-state index in [1.165, 1.54) is 0 Å². The lowest BCUT2D eigenvalue weighted by molar-refractivity contribution is -0.116. The number of benzene rings is 2. The zero-order valence-corrected chi connectivity index (χ0v) is 15.6. The number of amides is 1. The summed E-state index contributed by atoms with van der Waals surface area (Å²) in [6.07, 6.45) is 1.55. The molecule has 0 saturated carbocycles. The number of aryl methyl sites for hydroxylation is 1. The molecule has 1 atom stereocenters. The molecule has 3 rings (SSSR count).